The molecule has 9 nitrogen and oxygen atoms in total. The molecule has 0 bridgehead atoms. The van der Waals surface area contributed by atoms with E-state index in [1.807, 2.05) is 0 Å². The highest BCUT2D eigenvalue weighted by molar-refractivity contribution is 5.90. The Kier molecular flexibility index (Phi) is 3.37. The summed E-state index contributed by atoms with van der Waals surface area (Å²) in [7, 11) is 3.09. The SMILES string of the molecule is COc1ccc(C2C=C(C(=O)O)Nc3nnnn32)c(OC)c1. The first-order chi connectivity index (χ1) is 10.6. The zero-order valence-corrected chi connectivity index (χ0v) is 11.8. The van der Waals surface area contributed by atoms with Crippen LogP contribution in [0.3, 0.4) is 0 Å². The first-order valence-electron chi connectivity index (χ1n) is 6.36. The van der Waals surface area contributed by atoms with Gasteiger partial charge in [0.05, 0.1) is 14.2 Å². The van der Waals surface area contributed by atoms with Crippen LogP contribution in [-0.2, 0) is 4.79 Å². The number of carbonyl (C=O) groups is 1. The monoisotopic (exact) mass is 303 g/mol. The van der Waals surface area contributed by atoms with Crippen molar-refractivity contribution in [3.8, 4) is 11.5 Å². The molecule has 1 aliphatic heterocycles. The summed E-state index contributed by atoms with van der Waals surface area (Å²) in [5.41, 5.74) is 0.724. The molecule has 0 radical (unpaired) electrons. The van der Waals surface area contributed by atoms with E-state index in [2.05, 4.69) is 20.8 Å². The fraction of sp³-hybridized carbons (Fsp3) is 0.231. The van der Waals surface area contributed by atoms with Crippen molar-refractivity contribution in [1.82, 2.24) is 20.2 Å². The molecule has 0 fully saturated rings. The molecular weight excluding hydrogens is 290 g/mol. The van der Waals surface area contributed by atoms with Gasteiger partial charge < -0.3 is 19.9 Å². The molecule has 2 heterocycles. The summed E-state index contributed by atoms with van der Waals surface area (Å²) in [5.74, 6) is 0.345. The number of ether oxygens (including phenoxy) is 2. The highest BCUT2D eigenvalue weighted by Crippen LogP contribution is 2.35. The molecule has 9 heteroatoms. The first kappa shape index (κ1) is 13.9. The Bertz CT molecular complexity index is 755. The maximum atomic E-state index is 11.3. The van der Waals surface area contributed by atoms with Gasteiger partial charge in [-0.05, 0) is 28.6 Å². The van der Waals surface area contributed by atoms with Gasteiger partial charge >= 0.3 is 5.97 Å². The van der Waals surface area contributed by atoms with E-state index in [0.717, 1.165) is 5.56 Å². The number of aliphatic carboxylic acids is 1. The first-order valence-corrected chi connectivity index (χ1v) is 6.36. The highest BCUT2D eigenvalue weighted by Gasteiger charge is 2.28. The Morgan fingerprint density at radius 1 is 1.36 bits per heavy atom. The van der Waals surface area contributed by atoms with E-state index in [-0.39, 0.29) is 11.6 Å². The van der Waals surface area contributed by atoms with Crippen LogP contribution in [0.4, 0.5) is 5.95 Å². The lowest BCUT2D eigenvalue weighted by Crippen LogP contribution is -2.24. The van der Waals surface area contributed by atoms with Gasteiger partial charge in [0.2, 0.25) is 5.95 Å². The summed E-state index contributed by atoms with van der Waals surface area (Å²) < 4.78 is 12.0. The maximum absolute atomic E-state index is 11.3. The molecule has 2 N–H and O–H groups in total. The maximum Gasteiger partial charge on any atom is 0.352 e. The van der Waals surface area contributed by atoms with Gasteiger partial charge in [-0.2, -0.15) is 4.68 Å². The number of hydrogen-bond donors (Lipinski definition) is 2. The van der Waals surface area contributed by atoms with Gasteiger partial charge in [0.1, 0.15) is 23.2 Å². The standard InChI is InChI=1S/C13H13N5O4/c1-21-7-3-4-8(11(5-7)22-2)10-6-9(12(19)20)14-13-15-16-17-18(10)13/h3-6,10H,1-2H3,(H,19,20)(H,14,15,17). The number of nitrogens with one attached hydrogen (secondary N) is 1. The lowest BCUT2D eigenvalue weighted by atomic mass is 10.0. The second-order valence-electron chi connectivity index (χ2n) is 4.51. The number of aromatic nitrogens is 4. The van der Waals surface area contributed by atoms with Crippen molar-refractivity contribution in [2.45, 2.75) is 6.04 Å². The summed E-state index contributed by atoms with van der Waals surface area (Å²) in [6.07, 6.45) is 1.52. The van der Waals surface area contributed by atoms with Gasteiger partial charge in [0, 0.05) is 11.6 Å². The number of fused-ring (bicyclic) bond motifs is 1. The van der Waals surface area contributed by atoms with Crippen molar-refractivity contribution in [3.63, 3.8) is 0 Å². The minimum absolute atomic E-state index is 0.00479. The van der Waals surface area contributed by atoms with Crippen molar-refractivity contribution in [2.75, 3.05) is 19.5 Å². The lowest BCUT2D eigenvalue weighted by molar-refractivity contribution is -0.132. The van der Waals surface area contributed by atoms with Crippen molar-refractivity contribution in [3.05, 3.63) is 35.5 Å². The van der Waals surface area contributed by atoms with Crippen LogP contribution < -0.4 is 14.8 Å². The van der Waals surface area contributed by atoms with E-state index in [9.17, 15) is 9.90 Å². The van der Waals surface area contributed by atoms with E-state index >= 15 is 0 Å². The molecule has 0 saturated carbocycles. The number of allylic oxidation sites excluding steroid dienone is 1. The minimum atomic E-state index is -1.09. The number of rotatable bonds is 4. The molecule has 1 atom stereocenters. The van der Waals surface area contributed by atoms with Crippen LogP contribution in [0.5, 0.6) is 11.5 Å². The van der Waals surface area contributed by atoms with Gasteiger partial charge in [0.15, 0.2) is 0 Å². The number of hydrogen-bond acceptors (Lipinski definition) is 7. The summed E-state index contributed by atoms with van der Waals surface area (Å²) in [6, 6.07) is 4.77. The summed E-state index contributed by atoms with van der Waals surface area (Å²) in [5, 5.41) is 23.1. The number of nitrogens with zero attached hydrogens (tertiary/aromatic N) is 4. The molecular formula is C13H13N5O4. The molecule has 2 aromatic rings. The van der Waals surface area contributed by atoms with Gasteiger partial charge in [-0.3, -0.25) is 0 Å². The van der Waals surface area contributed by atoms with Crippen molar-refractivity contribution in [2.24, 2.45) is 0 Å². The van der Waals surface area contributed by atoms with E-state index in [4.69, 9.17) is 9.47 Å². The Balaban J connectivity index is 2.13. The Hall–Kier alpha value is -3.10. The molecule has 22 heavy (non-hydrogen) atoms. The number of tetrazole rings is 1. The van der Waals surface area contributed by atoms with E-state index in [1.54, 1.807) is 25.3 Å². The Morgan fingerprint density at radius 2 is 2.18 bits per heavy atom. The van der Waals surface area contributed by atoms with Gasteiger partial charge in [-0.25, -0.2) is 4.79 Å². The van der Waals surface area contributed by atoms with Gasteiger partial charge in [-0.15, -0.1) is 0 Å². The zero-order valence-electron chi connectivity index (χ0n) is 11.8. The van der Waals surface area contributed by atoms with Gasteiger partial charge in [0.25, 0.3) is 0 Å². The third-order valence-electron chi connectivity index (χ3n) is 3.32. The molecule has 1 unspecified atom stereocenters. The molecule has 0 amide bonds. The quantitative estimate of drug-likeness (QED) is 0.848. The number of anilines is 1. The average Bonchev–Trinajstić information content (AvgIpc) is 3.01. The van der Waals surface area contributed by atoms with Crippen molar-refractivity contribution in [1.29, 1.82) is 0 Å². The highest BCUT2D eigenvalue weighted by atomic mass is 16.5. The van der Waals surface area contributed by atoms with Crippen LogP contribution in [0.25, 0.3) is 0 Å². The number of methoxy groups -OCH3 is 2. The smallest absolute Gasteiger partial charge is 0.352 e. The van der Waals surface area contributed by atoms with Crippen LogP contribution in [0.2, 0.25) is 0 Å². The Labute approximate surface area is 125 Å². The minimum Gasteiger partial charge on any atom is -0.497 e. The molecule has 0 spiro atoms. The van der Waals surface area contributed by atoms with Crippen LogP contribution in [-0.4, -0.2) is 45.5 Å². The van der Waals surface area contributed by atoms with E-state index in [0.29, 0.717) is 11.5 Å². The van der Waals surface area contributed by atoms with Crippen LogP contribution in [0.15, 0.2) is 30.0 Å². The van der Waals surface area contributed by atoms with Crippen LogP contribution in [0.1, 0.15) is 11.6 Å². The molecule has 1 aromatic heterocycles. The summed E-state index contributed by atoms with van der Waals surface area (Å²) >= 11 is 0. The number of carboxylic acids is 1. The Morgan fingerprint density at radius 3 is 2.86 bits per heavy atom. The van der Waals surface area contributed by atoms with E-state index in [1.165, 1.54) is 17.9 Å². The average molecular weight is 303 g/mol. The lowest BCUT2D eigenvalue weighted by Gasteiger charge is -2.23. The molecule has 114 valence electrons. The second-order valence-corrected chi connectivity index (χ2v) is 4.51. The number of benzene rings is 1. The molecule has 1 aromatic carbocycles. The van der Waals surface area contributed by atoms with Crippen molar-refractivity contribution < 1.29 is 19.4 Å². The normalized spacial score (nSPS) is 16.3. The fourth-order valence-electron chi connectivity index (χ4n) is 2.26. The third-order valence-corrected chi connectivity index (χ3v) is 3.32. The van der Waals surface area contributed by atoms with Crippen LogP contribution >= 0.6 is 0 Å². The van der Waals surface area contributed by atoms with Crippen molar-refractivity contribution >= 4 is 11.9 Å². The molecule has 0 saturated heterocycles. The van der Waals surface area contributed by atoms with E-state index < -0.39 is 12.0 Å². The predicted molar refractivity (Wildman–Crippen MR) is 74.8 cm³/mol. The fourth-order valence-corrected chi connectivity index (χ4v) is 2.26. The number of carboxylic acid groups (broad SMARTS) is 1. The molecule has 1 aliphatic rings. The largest absolute Gasteiger partial charge is 0.497 e. The molecule has 3 rings (SSSR count). The second kappa shape index (κ2) is 5.35. The third kappa shape index (κ3) is 2.22. The molecule has 0 aliphatic carbocycles. The summed E-state index contributed by atoms with van der Waals surface area (Å²) in [4.78, 5) is 11.3. The van der Waals surface area contributed by atoms with Crippen LogP contribution in [0, 0.1) is 0 Å². The predicted octanol–water partition coefficient (Wildman–Crippen LogP) is 0.674. The topological polar surface area (TPSA) is 111 Å². The zero-order chi connectivity index (χ0) is 15.7. The van der Waals surface area contributed by atoms with Gasteiger partial charge in [-0.1, -0.05) is 5.10 Å². The summed E-state index contributed by atoms with van der Waals surface area (Å²) in [6.45, 7) is 0.